The molecule has 0 radical (unpaired) electrons. The highest BCUT2D eigenvalue weighted by atomic mass is 32.1. The molecule has 0 aliphatic carbocycles. The fourth-order valence-electron chi connectivity index (χ4n) is 3.78. The number of aryl methyl sites for hydroxylation is 4. The van der Waals surface area contributed by atoms with Gasteiger partial charge in [0.25, 0.3) is 0 Å². The van der Waals surface area contributed by atoms with Crippen LogP contribution in [0.15, 0.2) is 42.5 Å². The van der Waals surface area contributed by atoms with Crippen LogP contribution in [0.5, 0.6) is 0 Å². The normalized spacial score (nSPS) is 10.6. The zero-order valence-electron chi connectivity index (χ0n) is 20.7. The number of hydrogen-bond acceptors (Lipinski definition) is 2. The van der Waals surface area contributed by atoms with Crippen molar-refractivity contribution in [3.63, 3.8) is 0 Å². The van der Waals surface area contributed by atoms with Gasteiger partial charge in [0.15, 0.2) is 0 Å². The van der Waals surface area contributed by atoms with Gasteiger partial charge in [0.2, 0.25) is 0 Å². The Morgan fingerprint density at radius 2 is 1.41 bits per heavy atom. The second-order valence-electron chi connectivity index (χ2n) is 8.23. The van der Waals surface area contributed by atoms with Crippen molar-refractivity contribution in [1.29, 1.82) is 0 Å². The standard InChI is InChI=1S/C13H15FS.C10H10S.C6H14/c1-3-5-10-11-8-9(14)6-7-13(11)15-12(10)4-2;1-7-8(2)11-10-6-4-3-5-9(7)10;1-3-5-6-4-2/h6-8H,3-5H2,1-2H3;3-6H,1-2H3;3-6H2,1-2H3. The summed E-state index contributed by atoms with van der Waals surface area (Å²) < 4.78 is 15.8. The predicted octanol–water partition coefficient (Wildman–Crippen LogP) is 10.7. The van der Waals surface area contributed by atoms with Crippen LogP contribution < -0.4 is 0 Å². The molecule has 0 atom stereocenters. The average Bonchev–Trinajstić information content (AvgIpc) is 3.30. The largest absolute Gasteiger partial charge is 0.207 e. The van der Waals surface area contributed by atoms with Gasteiger partial charge in [0.05, 0.1) is 0 Å². The third-order valence-corrected chi connectivity index (χ3v) is 8.24. The lowest BCUT2D eigenvalue weighted by Gasteiger charge is -2.00. The maximum Gasteiger partial charge on any atom is 0.123 e. The summed E-state index contributed by atoms with van der Waals surface area (Å²) in [6.07, 6.45) is 8.77. The van der Waals surface area contributed by atoms with Gasteiger partial charge in [-0.1, -0.05) is 78.0 Å². The summed E-state index contributed by atoms with van der Waals surface area (Å²) in [7, 11) is 0. The van der Waals surface area contributed by atoms with Gasteiger partial charge in [-0.3, -0.25) is 0 Å². The molecule has 0 saturated heterocycles. The van der Waals surface area contributed by atoms with Crippen LogP contribution in [0.25, 0.3) is 20.2 Å². The number of unbranched alkanes of at least 4 members (excludes halogenated alkanes) is 3. The van der Waals surface area contributed by atoms with E-state index in [4.69, 9.17) is 0 Å². The summed E-state index contributed by atoms with van der Waals surface area (Å²) in [5.74, 6) is -0.125. The molecule has 3 heteroatoms. The maximum atomic E-state index is 13.2. The topological polar surface area (TPSA) is 0 Å². The van der Waals surface area contributed by atoms with E-state index in [1.165, 1.54) is 61.4 Å². The van der Waals surface area contributed by atoms with Gasteiger partial charge >= 0.3 is 0 Å². The van der Waals surface area contributed by atoms with Crippen molar-refractivity contribution in [1.82, 2.24) is 0 Å². The third kappa shape index (κ3) is 7.15. The molecule has 0 unspecified atom stereocenters. The van der Waals surface area contributed by atoms with Crippen molar-refractivity contribution in [3.05, 3.63) is 69.2 Å². The molecule has 0 spiro atoms. The summed E-state index contributed by atoms with van der Waals surface area (Å²) in [5, 5.41) is 2.54. The summed E-state index contributed by atoms with van der Waals surface area (Å²) >= 11 is 3.68. The van der Waals surface area contributed by atoms with Crippen LogP contribution in [-0.2, 0) is 12.8 Å². The van der Waals surface area contributed by atoms with E-state index < -0.39 is 0 Å². The van der Waals surface area contributed by atoms with Crippen molar-refractivity contribution >= 4 is 42.8 Å². The third-order valence-electron chi connectivity index (χ3n) is 5.70. The number of rotatable bonds is 6. The zero-order chi connectivity index (χ0) is 23.5. The molecule has 0 amide bonds. The Bertz CT molecular complexity index is 1080. The first-order chi connectivity index (χ1) is 15.5. The van der Waals surface area contributed by atoms with Gasteiger partial charge in [-0.25, -0.2) is 4.39 Å². The number of halogens is 1. The molecule has 0 saturated carbocycles. The van der Waals surface area contributed by atoms with Crippen molar-refractivity contribution < 1.29 is 4.39 Å². The number of benzene rings is 2. The van der Waals surface area contributed by atoms with Crippen LogP contribution in [0.3, 0.4) is 0 Å². The molecule has 0 aliphatic rings. The molecular formula is C29H39FS2. The van der Waals surface area contributed by atoms with Gasteiger partial charge in [-0.2, -0.15) is 0 Å². The molecule has 32 heavy (non-hydrogen) atoms. The first-order valence-electron chi connectivity index (χ1n) is 12.1. The Morgan fingerprint density at radius 1 is 0.750 bits per heavy atom. The van der Waals surface area contributed by atoms with E-state index in [1.54, 1.807) is 23.5 Å². The first kappa shape index (κ1) is 26.5. The highest BCUT2D eigenvalue weighted by molar-refractivity contribution is 7.19. The average molecular weight is 471 g/mol. The maximum absolute atomic E-state index is 13.2. The molecule has 0 aliphatic heterocycles. The molecule has 2 aromatic carbocycles. The minimum Gasteiger partial charge on any atom is -0.207 e. The summed E-state index contributed by atoms with van der Waals surface area (Å²) in [4.78, 5) is 2.85. The van der Waals surface area contributed by atoms with Gasteiger partial charge < -0.3 is 0 Å². The summed E-state index contributed by atoms with van der Waals surface area (Å²) in [5.41, 5.74) is 2.80. The van der Waals surface area contributed by atoms with Crippen LogP contribution in [0, 0.1) is 19.7 Å². The van der Waals surface area contributed by atoms with E-state index in [0.29, 0.717) is 0 Å². The van der Waals surface area contributed by atoms with Gasteiger partial charge in [-0.15, -0.1) is 22.7 Å². The van der Waals surface area contributed by atoms with Crippen molar-refractivity contribution in [2.24, 2.45) is 0 Å². The Hall–Kier alpha value is -1.71. The van der Waals surface area contributed by atoms with Crippen LogP contribution in [0.1, 0.15) is 80.7 Å². The minimum absolute atomic E-state index is 0.125. The van der Waals surface area contributed by atoms with Crippen LogP contribution in [-0.4, -0.2) is 0 Å². The van der Waals surface area contributed by atoms with E-state index in [9.17, 15) is 4.39 Å². The lowest BCUT2D eigenvalue weighted by molar-refractivity contribution is 0.629. The highest BCUT2D eigenvalue weighted by Crippen LogP contribution is 2.33. The SMILES string of the molecule is CCCCCC.CCCc1c(CC)sc2ccc(F)cc12.Cc1sc2ccccc2c1C. The van der Waals surface area contributed by atoms with E-state index >= 15 is 0 Å². The second kappa shape index (κ2) is 13.7. The molecule has 0 fully saturated rings. The van der Waals surface area contributed by atoms with Crippen LogP contribution in [0.4, 0.5) is 4.39 Å². The zero-order valence-corrected chi connectivity index (χ0v) is 22.3. The number of fused-ring (bicyclic) bond motifs is 2. The van der Waals surface area contributed by atoms with E-state index in [-0.39, 0.29) is 5.82 Å². The number of thiophene rings is 2. The Kier molecular flexibility index (Phi) is 11.4. The molecule has 0 bridgehead atoms. The Labute approximate surface area is 202 Å². The molecule has 0 nitrogen and oxygen atoms in total. The fraction of sp³-hybridized carbons (Fsp3) is 0.448. The molecule has 0 N–H and O–H groups in total. The Balaban J connectivity index is 0.000000188. The fourth-order valence-corrected chi connectivity index (χ4v) is 6.02. The quantitative estimate of drug-likeness (QED) is 0.246. The van der Waals surface area contributed by atoms with Crippen LogP contribution >= 0.6 is 22.7 Å². The molecule has 174 valence electrons. The number of hydrogen-bond donors (Lipinski definition) is 0. The second-order valence-corrected chi connectivity index (χ2v) is 10.6. The van der Waals surface area contributed by atoms with Crippen molar-refractivity contribution in [2.45, 2.75) is 86.5 Å². The predicted molar refractivity (Wildman–Crippen MR) is 146 cm³/mol. The molecule has 4 aromatic rings. The monoisotopic (exact) mass is 470 g/mol. The minimum atomic E-state index is -0.125. The lowest BCUT2D eigenvalue weighted by atomic mass is 10.1. The van der Waals surface area contributed by atoms with E-state index in [1.807, 2.05) is 17.4 Å². The molecular weight excluding hydrogens is 431 g/mol. The molecule has 2 heterocycles. The molecule has 2 aromatic heterocycles. The summed E-state index contributed by atoms with van der Waals surface area (Å²) in [6.45, 7) is 13.2. The first-order valence-corrected chi connectivity index (χ1v) is 13.7. The Morgan fingerprint density at radius 3 is 2.00 bits per heavy atom. The summed E-state index contributed by atoms with van der Waals surface area (Å²) in [6, 6.07) is 13.7. The smallest absolute Gasteiger partial charge is 0.123 e. The van der Waals surface area contributed by atoms with Gasteiger partial charge in [0, 0.05) is 19.2 Å². The van der Waals surface area contributed by atoms with E-state index in [0.717, 1.165) is 24.6 Å². The van der Waals surface area contributed by atoms with E-state index in [2.05, 4.69) is 65.8 Å². The lowest BCUT2D eigenvalue weighted by Crippen LogP contribution is -1.86. The van der Waals surface area contributed by atoms with Gasteiger partial charge in [-0.05, 0) is 72.9 Å². The highest BCUT2D eigenvalue weighted by Gasteiger charge is 2.10. The van der Waals surface area contributed by atoms with Crippen molar-refractivity contribution in [2.75, 3.05) is 0 Å². The van der Waals surface area contributed by atoms with Crippen LogP contribution in [0.2, 0.25) is 0 Å². The molecule has 4 rings (SSSR count). The van der Waals surface area contributed by atoms with Crippen molar-refractivity contribution in [3.8, 4) is 0 Å². The van der Waals surface area contributed by atoms with Gasteiger partial charge in [0.1, 0.15) is 5.82 Å².